The molecular weight excluding hydrogens is 148 g/mol. The summed E-state index contributed by atoms with van der Waals surface area (Å²) in [6.07, 6.45) is 0.479. The zero-order valence-corrected chi connectivity index (χ0v) is 5.67. The average Bonchev–Trinajstić information content (AvgIpc) is 1.60. The molecule has 9 heavy (non-hydrogen) atoms. The first-order valence-electron chi connectivity index (χ1n) is 2.89. The van der Waals surface area contributed by atoms with E-state index in [2.05, 4.69) is 0 Å². The summed E-state index contributed by atoms with van der Waals surface area (Å²) < 4.78 is 25.8. The quantitative estimate of drug-likeness (QED) is 0.483. The molecule has 0 spiro atoms. The van der Waals surface area contributed by atoms with Gasteiger partial charge >= 0.3 is 0 Å². The van der Waals surface area contributed by atoms with Crippen molar-refractivity contribution in [1.29, 1.82) is 0 Å². The number of hydrogen-bond acceptors (Lipinski definition) is 1. The zero-order chi connectivity index (χ0) is 6.91. The van der Waals surface area contributed by atoms with Crippen LogP contribution in [0.3, 0.4) is 0 Å². The highest BCUT2D eigenvalue weighted by atomic mass is 35.5. The Kier molecular flexibility index (Phi) is 1.91. The van der Waals surface area contributed by atoms with Gasteiger partial charge < -0.3 is 0 Å². The second kappa shape index (κ2) is 2.39. The molecule has 1 heterocycles. The van der Waals surface area contributed by atoms with E-state index in [0.717, 1.165) is 4.42 Å². The van der Waals surface area contributed by atoms with Gasteiger partial charge in [-0.25, -0.2) is 13.2 Å². The van der Waals surface area contributed by atoms with Gasteiger partial charge in [0.15, 0.2) is 0 Å². The highest BCUT2D eigenvalue weighted by molar-refractivity contribution is 6.13. The fourth-order valence-corrected chi connectivity index (χ4v) is 1.21. The molecule has 0 bridgehead atoms. The molecule has 54 valence electrons. The highest BCUT2D eigenvalue weighted by Crippen LogP contribution is 2.26. The molecule has 0 saturated carbocycles. The molecule has 0 unspecified atom stereocenters. The van der Waals surface area contributed by atoms with Gasteiger partial charge in [-0.3, -0.25) is 0 Å². The summed E-state index contributed by atoms with van der Waals surface area (Å²) >= 11 is 5.35. The molecule has 0 radical (unpaired) electrons. The van der Waals surface area contributed by atoms with E-state index in [1.165, 1.54) is 0 Å². The van der Waals surface area contributed by atoms with Crippen LogP contribution in [0.5, 0.6) is 0 Å². The molecule has 1 rings (SSSR count). The number of nitrogens with zero attached hydrogens (tertiary/aromatic N) is 1. The second-order valence-corrected chi connectivity index (χ2v) is 2.78. The molecule has 0 aromatic rings. The number of alkyl halides is 2. The fourth-order valence-electron chi connectivity index (χ4n) is 0.918. The molecule has 1 fully saturated rings. The maximum Gasteiger partial charge on any atom is 0.261 e. The van der Waals surface area contributed by atoms with Gasteiger partial charge in [-0.15, -0.1) is 0 Å². The fraction of sp³-hybridized carbons (Fsp3) is 1.00. The molecular formula is C5H8ClF2N. The Balaban J connectivity index is 2.41. The van der Waals surface area contributed by atoms with Gasteiger partial charge in [0.05, 0.1) is 6.54 Å². The van der Waals surface area contributed by atoms with Crippen LogP contribution in [0.1, 0.15) is 12.8 Å². The van der Waals surface area contributed by atoms with Crippen LogP contribution in [0.2, 0.25) is 0 Å². The van der Waals surface area contributed by atoms with Crippen molar-refractivity contribution in [3.05, 3.63) is 0 Å². The summed E-state index contributed by atoms with van der Waals surface area (Å²) in [7, 11) is 0. The maximum atomic E-state index is 12.3. The topological polar surface area (TPSA) is 3.24 Å². The van der Waals surface area contributed by atoms with Crippen LogP contribution < -0.4 is 0 Å². The van der Waals surface area contributed by atoms with Crippen LogP contribution in [0.25, 0.3) is 0 Å². The molecule has 0 amide bonds. The van der Waals surface area contributed by atoms with Gasteiger partial charge in [0, 0.05) is 13.0 Å². The summed E-state index contributed by atoms with van der Waals surface area (Å²) in [5.41, 5.74) is 0. The lowest BCUT2D eigenvalue weighted by atomic mass is 10.1. The molecule has 1 aliphatic rings. The summed E-state index contributed by atoms with van der Waals surface area (Å²) in [4.78, 5) is 0. The Labute approximate surface area is 57.7 Å². The standard InChI is InChI=1S/C5H8ClF2N/c6-9-3-1-2-5(7,8)4-9/h1-4H2. The minimum absolute atomic E-state index is 0.0176. The van der Waals surface area contributed by atoms with Crippen molar-refractivity contribution in [2.24, 2.45) is 0 Å². The van der Waals surface area contributed by atoms with Gasteiger partial charge in [0.2, 0.25) is 0 Å². The van der Waals surface area contributed by atoms with Crippen LogP contribution in [0, 0.1) is 0 Å². The smallest absolute Gasteiger partial charge is 0.214 e. The molecule has 0 aromatic heterocycles. The predicted molar refractivity (Wildman–Crippen MR) is 31.6 cm³/mol. The lowest BCUT2D eigenvalue weighted by Gasteiger charge is -2.26. The van der Waals surface area contributed by atoms with Gasteiger partial charge in [-0.2, -0.15) is 0 Å². The second-order valence-electron chi connectivity index (χ2n) is 2.30. The van der Waals surface area contributed by atoms with E-state index in [1.807, 2.05) is 0 Å². The number of piperidine rings is 1. The van der Waals surface area contributed by atoms with Gasteiger partial charge in [-0.05, 0) is 18.2 Å². The van der Waals surface area contributed by atoms with E-state index in [4.69, 9.17) is 11.8 Å². The van der Waals surface area contributed by atoms with Gasteiger partial charge in [0.25, 0.3) is 5.92 Å². The van der Waals surface area contributed by atoms with Gasteiger partial charge in [0.1, 0.15) is 0 Å². The summed E-state index contributed by atoms with van der Waals surface area (Å²) in [6, 6.07) is 0. The first-order valence-corrected chi connectivity index (χ1v) is 3.22. The van der Waals surface area contributed by atoms with Crippen LogP contribution in [-0.2, 0) is 0 Å². The Bertz CT molecular complexity index is 107. The highest BCUT2D eigenvalue weighted by Gasteiger charge is 2.34. The van der Waals surface area contributed by atoms with E-state index in [-0.39, 0.29) is 13.0 Å². The predicted octanol–water partition coefficient (Wildman–Crippen LogP) is 1.87. The monoisotopic (exact) mass is 155 g/mol. The van der Waals surface area contributed by atoms with E-state index < -0.39 is 5.92 Å². The van der Waals surface area contributed by atoms with Crippen molar-refractivity contribution >= 4 is 11.8 Å². The third-order valence-electron chi connectivity index (χ3n) is 1.35. The van der Waals surface area contributed by atoms with Crippen molar-refractivity contribution in [3.8, 4) is 0 Å². The lowest BCUT2D eigenvalue weighted by Crippen LogP contribution is -2.37. The molecule has 1 aliphatic heterocycles. The Morgan fingerprint density at radius 2 is 2.11 bits per heavy atom. The van der Waals surface area contributed by atoms with Crippen LogP contribution in [0.15, 0.2) is 0 Å². The Morgan fingerprint density at radius 1 is 1.44 bits per heavy atom. The van der Waals surface area contributed by atoms with Gasteiger partial charge in [-0.1, -0.05) is 0 Å². The largest absolute Gasteiger partial charge is 0.261 e. The third-order valence-corrected chi connectivity index (χ3v) is 1.63. The molecule has 0 aliphatic carbocycles. The first kappa shape index (κ1) is 7.22. The SMILES string of the molecule is FC1(F)CCCN(Cl)C1. The van der Waals surface area contributed by atoms with E-state index >= 15 is 0 Å². The minimum Gasteiger partial charge on any atom is -0.214 e. The van der Waals surface area contributed by atoms with Crippen molar-refractivity contribution in [2.45, 2.75) is 18.8 Å². The van der Waals surface area contributed by atoms with Crippen molar-refractivity contribution in [2.75, 3.05) is 13.1 Å². The van der Waals surface area contributed by atoms with Crippen LogP contribution >= 0.6 is 11.8 Å². The van der Waals surface area contributed by atoms with E-state index in [9.17, 15) is 8.78 Å². The normalized spacial score (nSPS) is 28.3. The maximum absolute atomic E-state index is 12.3. The lowest BCUT2D eigenvalue weighted by molar-refractivity contribution is -0.0430. The van der Waals surface area contributed by atoms with E-state index in [0.29, 0.717) is 13.0 Å². The summed E-state index contributed by atoms with van der Waals surface area (Å²) in [6.45, 7) is 0.283. The first-order chi connectivity index (χ1) is 4.10. The van der Waals surface area contributed by atoms with Crippen LogP contribution in [0.4, 0.5) is 8.78 Å². The zero-order valence-electron chi connectivity index (χ0n) is 4.91. The molecule has 1 saturated heterocycles. The van der Waals surface area contributed by atoms with E-state index in [1.54, 1.807) is 0 Å². The molecule has 1 nitrogen and oxygen atoms in total. The Hall–Kier alpha value is 0.110. The molecule has 0 atom stereocenters. The minimum atomic E-state index is -2.56. The number of hydrogen-bond donors (Lipinski definition) is 0. The summed E-state index contributed by atoms with van der Waals surface area (Å²) in [5.74, 6) is -2.56. The Morgan fingerprint density at radius 3 is 2.44 bits per heavy atom. The molecule has 4 heteroatoms. The third kappa shape index (κ3) is 2.06. The van der Waals surface area contributed by atoms with Crippen molar-refractivity contribution in [1.82, 2.24) is 4.42 Å². The molecule has 0 aromatic carbocycles. The number of rotatable bonds is 0. The molecule has 0 N–H and O–H groups in total. The van der Waals surface area contributed by atoms with Crippen molar-refractivity contribution < 1.29 is 8.78 Å². The average molecular weight is 156 g/mol. The summed E-state index contributed by atoms with van der Waals surface area (Å²) in [5, 5.41) is 0. The van der Waals surface area contributed by atoms with Crippen molar-refractivity contribution in [3.63, 3.8) is 0 Å². The van der Waals surface area contributed by atoms with Crippen LogP contribution in [-0.4, -0.2) is 23.4 Å². The number of halogens is 3.